The lowest BCUT2D eigenvalue weighted by Gasteiger charge is -2.22. The highest BCUT2D eigenvalue weighted by Crippen LogP contribution is 2.36. The van der Waals surface area contributed by atoms with Crippen LogP contribution in [0, 0.1) is 5.82 Å². The van der Waals surface area contributed by atoms with Gasteiger partial charge >= 0.3 is 0 Å². The molecule has 0 saturated carbocycles. The van der Waals surface area contributed by atoms with Gasteiger partial charge in [0.05, 0.1) is 6.04 Å². The summed E-state index contributed by atoms with van der Waals surface area (Å²) in [5.41, 5.74) is 2.90. The first kappa shape index (κ1) is 16.0. The standard InChI is InChI=1S/C21H16FN3O/c22-16-4-6-17(7-5-16)25-19(15-9-12-23-13-10-15)18-8-3-14-2-1-11-24-20(14)21(18)26/h1-13,19,25-26H. The number of halogens is 1. The number of benzene rings is 2. The van der Waals surface area contributed by atoms with Crippen molar-refractivity contribution in [1.82, 2.24) is 9.97 Å². The molecule has 0 spiro atoms. The van der Waals surface area contributed by atoms with Crippen molar-refractivity contribution in [2.45, 2.75) is 6.04 Å². The number of hydrogen-bond acceptors (Lipinski definition) is 4. The van der Waals surface area contributed by atoms with E-state index >= 15 is 0 Å². The molecule has 4 aromatic rings. The van der Waals surface area contributed by atoms with E-state index in [4.69, 9.17) is 0 Å². The third-order valence-corrected chi connectivity index (χ3v) is 4.28. The molecule has 0 saturated heterocycles. The Morgan fingerprint density at radius 3 is 2.42 bits per heavy atom. The molecule has 5 heteroatoms. The van der Waals surface area contributed by atoms with Crippen LogP contribution in [0.4, 0.5) is 10.1 Å². The van der Waals surface area contributed by atoms with Gasteiger partial charge in [0.2, 0.25) is 0 Å². The largest absolute Gasteiger partial charge is 0.505 e. The summed E-state index contributed by atoms with van der Waals surface area (Å²) in [6, 6.07) is 17.1. The minimum Gasteiger partial charge on any atom is -0.505 e. The topological polar surface area (TPSA) is 58.0 Å². The summed E-state index contributed by atoms with van der Waals surface area (Å²) in [6.07, 6.45) is 5.05. The molecule has 0 bridgehead atoms. The van der Waals surface area contributed by atoms with E-state index in [0.29, 0.717) is 11.1 Å². The number of phenols is 1. The Bertz CT molecular complexity index is 1040. The van der Waals surface area contributed by atoms with Crippen LogP contribution in [-0.4, -0.2) is 15.1 Å². The summed E-state index contributed by atoms with van der Waals surface area (Å²) in [5, 5.41) is 15.1. The molecule has 2 N–H and O–H groups in total. The minimum absolute atomic E-state index is 0.125. The minimum atomic E-state index is -0.338. The number of rotatable bonds is 4. The zero-order chi connectivity index (χ0) is 17.9. The Kier molecular flexibility index (Phi) is 4.19. The smallest absolute Gasteiger partial charge is 0.147 e. The third kappa shape index (κ3) is 3.07. The molecule has 0 radical (unpaired) electrons. The van der Waals surface area contributed by atoms with Crippen molar-refractivity contribution < 1.29 is 9.50 Å². The second-order valence-corrected chi connectivity index (χ2v) is 5.94. The molecule has 2 aromatic carbocycles. The number of phenolic OH excluding ortho intramolecular Hbond substituents is 1. The van der Waals surface area contributed by atoms with Crippen LogP contribution in [0.5, 0.6) is 5.75 Å². The lowest BCUT2D eigenvalue weighted by Crippen LogP contribution is -2.13. The second-order valence-electron chi connectivity index (χ2n) is 5.94. The predicted molar refractivity (Wildman–Crippen MR) is 99.5 cm³/mol. The van der Waals surface area contributed by atoms with Crippen LogP contribution in [0.15, 0.2) is 79.3 Å². The van der Waals surface area contributed by atoms with Crippen LogP contribution in [-0.2, 0) is 0 Å². The first-order valence-corrected chi connectivity index (χ1v) is 8.21. The Balaban J connectivity index is 1.83. The van der Waals surface area contributed by atoms with Gasteiger partial charge in [0.25, 0.3) is 0 Å². The maximum atomic E-state index is 13.2. The van der Waals surface area contributed by atoms with E-state index in [9.17, 15) is 9.50 Å². The quantitative estimate of drug-likeness (QED) is 0.564. The van der Waals surface area contributed by atoms with Crippen LogP contribution in [0.3, 0.4) is 0 Å². The molecular formula is C21H16FN3O. The maximum absolute atomic E-state index is 13.2. The first-order chi connectivity index (χ1) is 12.7. The average Bonchev–Trinajstić information content (AvgIpc) is 2.69. The molecule has 0 aliphatic rings. The normalized spacial score (nSPS) is 12.0. The third-order valence-electron chi connectivity index (χ3n) is 4.28. The average molecular weight is 345 g/mol. The van der Waals surface area contributed by atoms with Crippen molar-refractivity contribution in [2.75, 3.05) is 5.32 Å². The highest BCUT2D eigenvalue weighted by molar-refractivity contribution is 5.86. The molecular weight excluding hydrogens is 329 g/mol. The van der Waals surface area contributed by atoms with Gasteiger partial charge in [-0.3, -0.25) is 9.97 Å². The number of nitrogens with zero attached hydrogens (tertiary/aromatic N) is 2. The summed E-state index contributed by atoms with van der Waals surface area (Å²) in [6.45, 7) is 0. The molecule has 2 aromatic heterocycles. The second kappa shape index (κ2) is 6.80. The molecule has 2 heterocycles. The fraction of sp³-hybridized carbons (Fsp3) is 0.0476. The van der Waals surface area contributed by atoms with Gasteiger partial charge < -0.3 is 10.4 Å². The van der Waals surface area contributed by atoms with Gasteiger partial charge in [-0.25, -0.2) is 4.39 Å². The van der Waals surface area contributed by atoms with Gasteiger partial charge in [0.15, 0.2) is 0 Å². The van der Waals surface area contributed by atoms with Gasteiger partial charge in [0.1, 0.15) is 17.1 Å². The number of pyridine rings is 2. The zero-order valence-electron chi connectivity index (χ0n) is 13.8. The zero-order valence-corrected chi connectivity index (χ0v) is 13.8. The lowest BCUT2D eigenvalue weighted by molar-refractivity contribution is 0.471. The molecule has 4 nitrogen and oxygen atoms in total. The number of anilines is 1. The monoisotopic (exact) mass is 345 g/mol. The Labute approximate surface area is 150 Å². The number of aromatic nitrogens is 2. The Hall–Kier alpha value is -3.47. The maximum Gasteiger partial charge on any atom is 0.147 e. The van der Waals surface area contributed by atoms with Crippen molar-refractivity contribution in [3.8, 4) is 5.75 Å². The first-order valence-electron chi connectivity index (χ1n) is 8.21. The Morgan fingerprint density at radius 2 is 1.65 bits per heavy atom. The summed E-state index contributed by atoms with van der Waals surface area (Å²) < 4.78 is 13.2. The highest BCUT2D eigenvalue weighted by Gasteiger charge is 2.20. The fourth-order valence-corrected chi connectivity index (χ4v) is 2.99. The van der Waals surface area contributed by atoms with Gasteiger partial charge in [-0.15, -0.1) is 0 Å². The van der Waals surface area contributed by atoms with Crippen LogP contribution in [0.2, 0.25) is 0 Å². The Morgan fingerprint density at radius 1 is 0.885 bits per heavy atom. The lowest BCUT2D eigenvalue weighted by atomic mass is 9.96. The molecule has 1 atom stereocenters. The van der Waals surface area contributed by atoms with Crippen LogP contribution in [0.1, 0.15) is 17.2 Å². The SMILES string of the molecule is Oc1c(C(Nc2ccc(F)cc2)c2ccncc2)ccc2cccnc12. The molecule has 0 fully saturated rings. The molecule has 26 heavy (non-hydrogen) atoms. The summed E-state index contributed by atoms with van der Waals surface area (Å²) in [5.74, 6) is -0.173. The van der Waals surface area contributed by atoms with E-state index in [0.717, 1.165) is 16.6 Å². The molecule has 1 unspecified atom stereocenters. The van der Waals surface area contributed by atoms with E-state index in [1.807, 2.05) is 36.4 Å². The molecule has 128 valence electrons. The van der Waals surface area contributed by atoms with Crippen molar-refractivity contribution in [2.24, 2.45) is 0 Å². The van der Waals surface area contributed by atoms with Gasteiger partial charge in [-0.05, 0) is 48.0 Å². The van der Waals surface area contributed by atoms with Gasteiger partial charge in [-0.2, -0.15) is 0 Å². The van der Waals surface area contributed by atoms with Crippen molar-refractivity contribution in [1.29, 1.82) is 0 Å². The van der Waals surface area contributed by atoms with E-state index in [1.54, 1.807) is 30.7 Å². The van der Waals surface area contributed by atoms with Crippen LogP contribution >= 0.6 is 0 Å². The van der Waals surface area contributed by atoms with Crippen LogP contribution in [0.25, 0.3) is 10.9 Å². The summed E-state index contributed by atoms with van der Waals surface area (Å²) >= 11 is 0. The summed E-state index contributed by atoms with van der Waals surface area (Å²) in [7, 11) is 0. The number of hydrogen-bond donors (Lipinski definition) is 2. The van der Waals surface area contributed by atoms with E-state index in [-0.39, 0.29) is 17.6 Å². The van der Waals surface area contributed by atoms with Gasteiger partial charge in [0, 0.05) is 35.2 Å². The molecule has 0 aliphatic carbocycles. The molecule has 0 amide bonds. The van der Waals surface area contributed by atoms with E-state index in [1.165, 1.54) is 12.1 Å². The predicted octanol–water partition coefficient (Wildman–Crippen LogP) is 4.68. The number of aromatic hydroxyl groups is 1. The van der Waals surface area contributed by atoms with Crippen molar-refractivity contribution in [3.63, 3.8) is 0 Å². The molecule has 4 rings (SSSR count). The number of fused-ring (bicyclic) bond motifs is 1. The summed E-state index contributed by atoms with van der Waals surface area (Å²) in [4.78, 5) is 8.36. The van der Waals surface area contributed by atoms with E-state index in [2.05, 4.69) is 15.3 Å². The van der Waals surface area contributed by atoms with Crippen molar-refractivity contribution >= 4 is 16.6 Å². The van der Waals surface area contributed by atoms with Crippen LogP contribution < -0.4 is 5.32 Å². The highest BCUT2D eigenvalue weighted by atomic mass is 19.1. The van der Waals surface area contributed by atoms with Gasteiger partial charge in [-0.1, -0.05) is 18.2 Å². The van der Waals surface area contributed by atoms with Crippen molar-refractivity contribution in [3.05, 3.63) is 96.2 Å². The molecule has 0 aliphatic heterocycles. The fourth-order valence-electron chi connectivity index (χ4n) is 2.99. The number of nitrogens with one attached hydrogen (secondary N) is 1. The van der Waals surface area contributed by atoms with E-state index < -0.39 is 0 Å².